The van der Waals surface area contributed by atoms with Crippen molar-refractivity contribution in [3.05, 3.63) is 65.7 Å². The number of quaternary nitrogens is 1. The average molecular weight is 336 g/mol. The van der Waals surface area contributed by atoms with Crippen molar-refractivity contribution in [1.82, 2.24) is 0 Å². The number of hydrogen-bond acceptors (Lipinski definition) is 2. The first-order valence-electron chi connectivity index (χ1n) is 8.06. The molecule has 0 aromatic heterocycles. The Balaban J connectivity index is 0.00000264. The summed E-state index contributed by atoms with van der Waals surface area (Å²) in [5, 5.41) is 12.5. The van der Waals surface area contributed by atoms with E-state index in [1.807, 2.05) is 37.3 Å². The van der Waals surface area contributed by atoms with Gasteiger partial charge in [-0.25, -0.2) is 0 Å². The number of hydrogen-bond donors (Lipinski definition) is 2. The number of benzene rings is 2. The summed E-state index contributed by atoms with van der Waals surface area (Å²) in [6, 6.07) is 18.2. The second-order valence-corrected chi connectivity index (χ2v) is 5.41. The van der Waals surface area contributed by atoms with E-state index in [0.29, 0.717) is 6.61 Å². The molecule has 1 unspecified atom stereocenters. The lowest BCUT2D eigenvalue weighted by molar-refractivity contribution is -0.655. The Morgan fingerprint density at radius 1 is 1.04 bits per heavy atom. The first-order chi connectivity index (χ1) is 10.8. The highest BCUT2D eigenvalue weighted by Gasteiger charge is 2.09. The molecule has 1 atom stereocenters. The zero-order chi connectivity index (χ0) is 15.6. The molecule has 2 rings (SSSR count). The summed E-state index contributed by atoms with van der Waals surface area (Å²) in [5.74, 6) is 0.826. The molecule has 2 aromatic rings. The lowest BCUT2D eigenvalue weighted by Crippen LogP contribution is -3.00. The van der Waals surface area contributed by atoms with Gasteiger partial charge in [0.05, 0.1) is 25.8 Å². The monoisotopic (exact) mass is 335 g/mol. The molecule has 3 N–H and O–H groups in total. The molecule has 0 fully saturated rings. The van der Waals surface area contributed by atoms with Gasteiger partial charge in [0, 0.05) is 12.8 Å². The zero-order valence-electron chi connectivity index (χ0n) is 13.6. The molecule has 4 heteroatoms. The number of halogens is 1. The van der Waals surface area contributed by atoms with Crippen LogP contribution in [-0.2, 0) is 6.42 Å². The SMILES string of the molecule is CCOc1cccc(C(O)CC[NH2+]CCc2ccccc2)c1.[Cl-]. The highest BCUT2D eigenvalue weighted by atomic mass is 35.5. The molecule has 0 saturated heterocycles. The molecule has 0 aliphatic heterocycles. The first-order valence-corrected chi connectivity index (χ1v) is 8.06. The van der Waals surface area contributed by atoms with Crippen LogP contribution in [0.25, 0.3) is 0 Å². The van der Waals surface area contributed by atoms with Gasteiger partial charge >= 0.3 is 0 Å². The third-order valence-corrected chi connectivity index (χ3v) is 3.68. The Labute approximate surface area is 145 Å². The van der Waals surface area contributed by atoms with Crippen LogP contribution >= 0.6 is 0 Å². The maximum Gasteiger partial charge on any atom is 0.119 e. The predicted molar refractivity (Wildman–Crippen MR) is 89.0 cm³/mol. The summed E-state index contributed by atoms with van der Waals surface area (Å²) in [5.41, 5.74) is 2.30. The van der Waals surface area contributed by atoms with Gasteiger partial charge in [0.2, 0.25) is 0 Å². The second kappa shape index (κ2) is 11.1. The standard InChI is InChI=1S/C19H25NO2.ClH/c1-2-22-18-10-6-9-17(15-18)19(21)12-14-20-13-11-16-7-4-3-5-8-16;/h3-10,15,19-21H,2,11-14H2,1H3;1H. The number of aliphatic hydroxyl groups is 1. The highest BCUT2D eigenvalue weighted by molar-refractivity contribution is 5.29. The minimum absolute atomic E-state index is 0. The summed E-state index contributed by atoms with van der Waals surface area (Å²) in [4.78, 5) is 0. The zero-order valence-corrected chi connectivity index (χ0v) is 14.4. The number of nitrogens with two attached hydrogens (primary N) is 1. The molecule has 2 aromatic carbocycles. The van der Waals surface area contributed by atoms with E-state index in [4.69, 9.17) is 4.74 Å². The Morgan fingerprint density at radius 2 is 1.83 bits per heavy atom. The van der Waals surface area contributed by atoms with Crippen LogP contribution < -0.4 is 22.5 Å². The van der Waals surface area contributed by atoms with Crippen LogP contribution in [0.1, 0.15) is 30.6 Å². The van der Waals surface area contributed by atoms with Gasteiger partial charge in [-0.1, -0.05) is 42.5 Å². The number of rotatable bonds is 9. The van der Waals surface area contributed by atoms with Gasteiger partial charge in [0.15, 0.2) is 0 Å². The number of ether oxygens (including phenoxy) is 1. The van der Waals surface area contributed by atoms with E-state index in [1.165, 1.54) is 5.56 Å². The lowest BCUT2D eigenvalue weighted by Gasteiger charge is -2.12. The van der Waals surface area contributed by atoms with Crippen LogP contribution in [0.3, 0.4) is 0 Å². The fraction of sp³-hybridized carbons (Fsp3) is 0.368. The van der Waals surface area contributed by atoms with Crippen molar-refractivity contribution < 1.29 is 27.6 Å². The van der Waals surface area contributed by atoms with Crippen LogP contribution in [0.15, 0.2) is 54.6 Å². The summed E-state index contributed by atoms with van der Waals surface area (Å²) in [6.45, 7) is 4.58. The normalized spacial score (nSPS) is 11.6. The van der Waals surface area contributed by atoms with Crippen molar-refractivity contribution >= 4 is 0 Å². The molecule has 0 aliphatic carbocycles. The first kappa shape index (κ1) is 19.5. The second-order valence-electron chi connectivity index (χ2n) is 5.41. The van der Waals surface area contributed by atoms with E-state index in [2.05, 4.69) is 29.6 Å². The molecule has 3 nitrogen and oxygen atoms in total. The maximum atomic E-state index is 10.3. The molecule has 0 bridgehead atoms. The average Bonchev–Trinajstić information content (AvgIpc) is 2.56. The van der Waals surface area contributed by atoms with Crippen molar-refractivity contribution in [3.8, 4) is 5.75 Å². The van der Waals surface area contributed by atoms with E-state index in [1.54, 1.807) is 0 Å². The summed E-state index contributed by atoms with van der Waals surface area (Å²) >= 11 is 0. The van der Waals surface area contributed by atoms with Gasteiger partial charge in [-0.15, -0.1) is 0 Å². The Morgan fingerprint density at radius 3 is 2.57 bits per heavy atom. The fourth-order valence-electron chi connectivity index (χ4n) is 2.48. The third kappa shape index (κ3) is 7.04. The van der Waals surface area contributed by atoms with Crippen LogP contribution in [0, 0.1) is 0 Å². The van der Waals surface area contributed by atoms with Crippen molar-refractivity contribution in [1.29, 1.82) is 0 Å². The van der Waals surface area contributed by atoms with Gasteiger partial charge in [0.1, 0.15) is 5.75 Å². The summed E-state index contributed by atoms with van der Waals surface area (Å²) in [6.07, 6.45) is 1.40. The Hall–Kier alpha value is -1.55. The van der Waals surface area contributed by atoms with E-state index < -0.39 is 6.10 Å². The van der Waals surface area contributed by atoms with Crippen molar-refractivity contribution in [2.45, 2.75) is 25.9 Å². The molecule has 0 aliphatic rings. The molecule has 0 spiro atoms. The molecule has 0 radical (unpaired) electrons. The molecule has 0 amide bonds. The van der Waals surface area contributed by atoms with Crippen LogP contribution in [-0.4, -0.2) is 24.8 Å². The minimum atomic E-state index is -0.423. The van der Waals surface area contributed by atoms with Gasteiger partial charge in [0.25, 0.3) is 0 Å². The van der Waals surface area contributed by atoms with Crippen LogP contribution in [0.5, 0.6) is 5.75 Å². The van der Waals surface area contributed by atoms with Crippen LogP contribution in [0.2, 0.25) is 0 Å². The molecular formula is C19H26ClNO2. The number of aliphatic hydroxyl groups excluding tert-OH is 1. The van der Waals surface area contributed by atoms with E-state index in [-0.39, 0.29) is 12.4 Å². The van der Waals surface area contributed by atoms with Crippen molar-refractivity contribution in [2.24, 2.45) is 0 Å². The third-order valence-electron chi connectivity index (χ3n) is 3.68. The minimum Gasteiger partial charge on any atom is -1.00 e. The van der Waals surface area contributed by atoms with Gasteiger partial charge in [-0.05, 0) is 30.2 Å². The Bertz CT molecular complexity index is 548. The molecular weight excluding hydrogens is 310 g/mol. The molecule has 0 saturated carbocycles. The largest absolute Gasteiger partial charge is 1.00 e. The smallest absolute Gasteiger partial charge is 0.119 e. The highest BCUT2D eigenvalue weighted by Crippen LogP contribution is 2.20. The predicted octanol–water partition coefficient (Wildman–Crippen LogP) is -0.681. The van der Waals surface area contributed by atoms with E-state index >= 15 is 0 Å². The maximum absolute atomic E-state index is 10.3. The molecule has 23 heavy (non-hydrogen) atoms. The van der Waals surface area contributed by atoms with Crippen molar-refractivity contribution in [2.75, 3.05) is 19.7 Å². The van der Waals surface area contributed by atoms with Crippen LogP contribution in [0.4, 0.5) is 0 Å². The quantitative estimate of drug-likeness (QED) is 0.596. The van der Waals surface area contributed by atoms with Gasteiger partial charge in [-0.3, -0.25) is 0 Å². The van der Waals surface area contributed by atoms with Gasteiger partial charge < -0.3 is 27.6 Å². The van der Waals surface area contributed by atoms with Gasteiger partial charge in [-0.2, -0.15) is 0 Å². The van der Waals surface area contributed by atoms with E-state index in [0.717, 1.165) is 37.2 Å². The topological polar surface area (TPSA) is 46.1 Å². The molecule has 0 heterocycles. The van der Waals surface area contributed by atoms with Crippen molar-refractivity contribution in [3.63, 3.8) is 0 Å². The summed E-state index contributed by atoms with van der Waals surface area (Å²) in [7, 11) is 0. The van der Waals surface area contributed by atoms with E-state index in [9.17, 15) is 5.11 Å². The summed E-state index contributed by atoms with van der Waals surface area (Å²) < 4.78 is 5.47. The Kier molecular flexibility index (Phi) is 9.37. The fourth-order valence-corrected chi connectivity index (χ4v) is 2.48. The lowest BCUT2D eigenvalue weighted by atomic mass is 10.1. The molecule has 126 valence electrons.